The maximum absolute atomic E-state index is 13.8. The topological polar surface area (TPSA) is 116 Å². The highest BCUT2D eigenvalue weighted by atomic mass is 16.5. The van der Waals surface area contributed by atoms with Crippen LogP contribution in [0.25, 0.3) is 5.69 Å². The minimum absolute atomic E-state index is 0.0152. The van der Waals surface area contributed by atoms with Gasteiger partial charge in [0, 0.05) is 19.1 Å². The van der Waals surface area contributed by atoms with Crippen LogP contribution in [-0.2, 0) is 4.79 Å². The molecule has 0 atom stereocenters. The lowest BCUT2D eigenvalue weighted by molar-refractivity contribution is -0.116. The number of hydrogen-bond acceptors (Lipinski definition) is 5. The average Bonchev–Trinajstić information content (AvgIpc) is 3.21. The molecule has 0 aliphatic heterocycles. The van der Waals surface area contributed by atoms with E-state index < -0.39 is 0 Å². The minimum atomic E-state index is -0.281. The number of nitrogens with two attached hydrogens (primary N) is 1. The Labute approximate surface area is 215 Å². The van der Waals surface area contributed by atoms with Gasteiger partial charge in [0.05, 0.1) is 5.69 Å². The second-order valence-electron chi connectivity index (χ2n) is 8.69. The molecule has 37 heavy (non-hydrogen) atoms. The third kappa shape index (κ3) is 5.48. The Morgan fingerprint density at radius 3 is 2.32 bits per heavy atom. The summed E-state index contributed by atoms with van der Waals surface area (Å²) in [6, 6.07) is 16.5. The molecule has 1 fully saturated rings. The van der Waals surface area contributed by atoms with Crippen molar-refractivity contribution in [3.05, 3.63) is 70.8 Å². The fourth-order valence-corrected chi connectivity index (χ4v) is 4.66. The lowest BCUT2D eigenvalue weighted by Crippen LogP contribution is -2.38. The summed E-state index contributed by atoms with van der Waals surface area (Å²) < 4.78 is 9.06. The lowest BCUT2D eigenvalue weighted by atomic mass is 9.91. The molecule has 0 unspecified atom stereocenters. The quantitative estimate of drug-likeness (QED) is 0.293. The van der Waals surface area contributed by atoms with Crippen LogP contribution in [0, 0.1) is 11.8 Å². The van der Waals surface area contributed by atoms with Crippen molar-refractivity contribution in [3.8, 4) is 29.0 Å². The largest absolute Gasteiger partial charge is 0.457 e. The molecule has 1 aliphatic carbocycles. The fraction of sp³-hybridized carbons (Fsp3) is 0.286. The van der Waals surface area contributed by atoms with Gasteiger partial charge in [-0.3, -0.25) is 18.9 Å². The Balaban J connectivity index is 1.66. The number of amidine groups is 1. The van der Waals surface area contributed by atoms with Gasteiger partial charge in [0.15, 0.2) is 5.82 Å². The monoisotopic (exact) mass is 498 g/mol. The van der Waals surface area contributed by atoms with E-state index in [0.717, 1.165) is 0 Å². The van der Waals surface area contributed by atoms with Crippen molar-refractivity contribution in [1.82, 2.24) is 14.5 Å². The van der Waals surface area contributed by atoms with Crippen LogP contribution in [0.3, 0.4) is 0 Å². The van der Waals surface area contributed by atoms with Gasteiger partial charge >= 0.3 is 5.69 Å². The summed E-state index contributed by atoms with van der Waals surface area (Å²) in [6.45, 7) is 5.35. The van der Waals surface area contributed by atoms with E-state index in [4.69, 9.17) is 10.5 Å². The number of nitrogens with zero attached hydrogens (tertiary/aromatic N) is 4. The zero-order chi connectivity index (χ0) is 26.4. The van der Waals surface area contributed by atoms with E-state index in [1.807, 2.05) is 30.3 Å². The summed E-state index contributed by atoms with van der Waals surface area (Å²) in [5, 5.41) is 2.94. The molecule has 0 radical (unpaired) electrons. The number of carbonyl (C=O) groups excluding carboxylic acids is 1. The van der Waals surface area contributed by atoms with E-state index in [9.17, 15) is 9.59 Å². The minimum Gasteiger partial charge on any atom is -0.457 e. The Kier molecular flexibility index (Phi) is 7.89. The van der Waals surface area contributed by atoms with Crippen LogP contribution < -0.4 is 21.5 Å². The van der Waals surface area contributed by atoms with Crippen molar-refractivity contribution in [2.45, 2.75) is 44.7 Å². The van der Waals surface area contributed by atoms with Crippen LogP contribution in [0.4, 0.5) is 5.82 Å². The number of ether oxygens (including phenoxy) is 1. The second kappa shape index (κ2) is 11.4. The molecule has 2 aromatic carbocycles. The van der Waals surface area contributed by atoms with Gasteiger partial charge in [-0.15, -0.1) is 0 Å². The number of nitrogens with one attached hydrogen (secondary N) is 1. The molecule has 190 valence electrons. The number of aliphatic imine (C=N–C) groups is 2. The van der Waals surface area contributed by atoms with Gasteiger partial charge < -0.3 is 15.8 Å². The number of hydrogen-bond donors (Lipinski definition) is 2. The van der Waals surface area contributed by atoms with Crippen LogP contribution in [0.2, 0.25) is 0 Å². The van der Waals surface area contributed by atoms with Gasteiger partial charge in [-0.2, -0.15) is 0 Å². The SMILES string of the molecule is C=Nc1c(C(N)=NC)n(-c2ccc(Oc3ccccc3)cc2)c(=O)n1C1CCC(NC(=O)C#CC)CC1. The predicted octanol–water partition coefficient (Wildman–Crippen LogP) is 3.72. The highest BCUT2D eigenvalue weighted by Gasteiger charge is 2.30. The molecule has 1 aliphatic rings. The van der Waals surface area contributed by atoms with E-state index in [1.54, 1.807) is 42.8 Å². The van der Waals surface area contributed by atoms with Gasteiger partial charge in [0.2, 0.25) is 0 Å². The molecule has 1 amide bonds. The molecule has 3 N–H and O–H groups in total. The molecule has 3 aromatic rings. The van der Waals surface area contributed by atoms with Crippen molar-refractivity contribution in [2.75, 3.05) is 7.05 Å². The van der Waals surface area contributed by atoms with Crippen LogP contribution in [-0.4, -0.2) is 40.7 Å². The number of benzene rings is 2. The highest BCUT2D eigenvalue weighted by Crippen LogP contribution is 2.33. The van der Waals surface area contributed by atoms with Gasteiger partial charge in [-0.05, 0) is 81.6 Å². The first-order valence-electron chi connectivity index (χ1n) is 12.1. The number of carbonyl (C=O) groups is 1. The summed E-state index contributed by atoms with van der Waals surface area (Å²) in [7, 11) is 1.57. The fourth-order valence-electron chi connectivity index (χ4n) is 4.66. The first-order valence-corrected chi connectivity index (χ1v) is 12.1. The zero-order valence-electron chi connectivity index (χ0n) is 21.0. The standard InChI is InChI=1S/C28H30N6O3/c1-4-8-24(35)32-19-11-13-21(14-12-19)34-27(31-3)25(26(29)30-2)33(28(34)36)20-15-17-23(18-16-20)37-22-9-6-5-7-10-22/h5-7,9-10,15-19,21H,3,11-14H2,1-2H3,(H2,29,30)(H,32,35). The smallest absolute Gasteiger partial charge is 0.335 e. The Bertz CT molecular complexity index is 1420. The molecule has 9 heteroatoms. The Hall–Kier alpha value is -4.58. The number of rotatable bonds is 7. The van der Waals surface area contributed by atoms with E-state index in [-0.39, 0.29) is 29.5 Å². The molecular formula is C28H30N6O3. The van der Waals surface area contributed by atoms with Crippen LogP contribution in [0.1, 0.15) is 44.3 Å². The van der Waals surface area contributed by atoms with Crippen molar-refractivity contribution < 1.29 is 9.53 Å². The van der Waals surface area contributed by atoms with Gasteiger partial charge in [-0.1, -0.05) is 24.1 Å². The molecular weight excluding hydrogens is 468 g/mol. The maximum Gasteiger partial charge on any atom is 0.335 e. The summed E-state index contributed by atoms with van der Waals surface area (Å²) in [5.74, 6) is 6.75. The number of para-hydroxylation sites is 1. The summed E-state index contributed by atoms with van der Waals surface area (Å²) in [5.41, 5.74) is 6.99. The maximum atomic E-state index is 13.8. The summed E-state index contributed by atoms with van der Waals surface area (Å²) >= 11 is 0. The molecule has 0 bridgehead atoms. The van der Waals surface area contributed by atoms with Gasteiger partial charge in [-0.25, -0.2) is 9.79 Å². The molecule has 0 saturated heterocycles. The van der Waals surface area contributed by atoms with E-state index in [2.05, 4.69) is 33.9 Å². The molecule has 1 heterocycles. The molecule has 4 rings (SSSR count). The zero-order valence-corrected chi connectivity index (χ0v) is 21.0. The molecule has 9 nitrogen and oxygen atoms in total. The third-order valence-corrected chi connectivity index (χ3v) is 6.40. The summed E-state index contributed by atoms with van der Waals surface area (Å²) in [6.07, 6.45) is 2.80. The van der Waals surface area contributed by atoms with Crippen LogP contribution in [0.15, 0.2) is 69.4 Å². The summed E-state index contributed by atoms with van der Waals surface area (Å²) in [4.78, 5) is 34.0. The van der Waals surface area contributed by atoms with Crippen molar-refractivity contribution in [3.63, 3.8) is 0 Å². The van der Waals surface area contributed by atoms with E-state index >= 15 is 0 Å². The Morgan fingerprint density at radius 2 is 1.73 bits per heavy atom. The van der Waals surface area contributed by atoms with E-state index in [1.165, 1.54) is 4.57 Å². The second-order valence-corrected chi connectivity index (χ2v) is 8.69. The highest BCUT2D eigenvalue weighted by molar-refractivity contribution is 6.00. The van der Waals surface area contributed by atoms with Crippen molar-refractivity contribution in [2.24, 2.45) is 15.7 Å². The van der Waals surface area contributed by atoms with Gasteiger partial charge in [0.25, 0.3) is 5.91 Å². The van der Waals surface area contributed by atoms with Crippen LogP contribution in [0.5, 0.6) is 11.5 Å². The Morgan fingerprint density at radius 1 is 1.08 bits per heavy atom. The predicted molar refractivity (Wildman–Crippen MR) is 145 cm³/mol. The average molecular weight is 499 g/mol. The first kappa shape index (κ1) is 25.5. The molecule has 0 spiro atoms. The normalized spacial score (nSPS) is 17.4. The third-order valence-electron chi connectivity index (χ3n) is 6.40. The molecule has 1 saturated carbocycles. The number of aromatic nitrogens is 2. The van der Waals surface area contributed by atoms with Crippen molar-refractivity contribution >= 4 is 24.3 Å². The first-order chi connectivity index (χ1) is 18.0. The molecule has 1 aromatic heterocycles. The van der Waals surface area contributed by atoms with Gasteiger partial charge in [0.1, 0.15) is 23.0 Å². The number of imidazole rings is 1. The van der Waals surface area contributed by atoms with Crippen LogP contribution >= 0.6 is 0 Å². The lowest BCUT2D eigenvalue weighted by Gasteiger charge is -2.29. The van der Waals surface area contributed by atoms with Crippen molar-refractivity contribution in [1.29, 1.82) is 0 Å². The van der Waals surface area contributed by atoms with E-state index in [0.29, 0.717) is 54.4 Å². The number of amides is 1.